The van der Waals surface area contributed by atoms with Gasteiger partial charge in [0.1, 0.15) is 11.4 Å². The quantitative estimate of drug-likeness (QED) is 0.788. The highest BCUT2D eigenvalue weighted by atomic mass is 32.2. The lowest BCUT2D eigenvalue weighted by Gasteiger charge is -2.20. The average molecular weight is 379 g/mol. The van der Waals surface area contributed by atoms with E-state index in [9.17, 15) is 8.42 Å². The second-order valence-electron chi connectivity index (χ2n) is 6.16. The van der Waals surface area contributed by atoms with Crippen LogP contribution in [0.1, 0.15) is 12.5 Å². The largest absolute Gasteiger partial charge is 0.494 e. The number of aryl methyl sites for hydroxylation is 1. The van der Waals surface area contributed by atoms with Gasteiger partial charge in [-0.3, -0.25) is 4.72 Å². The van der Waals surface area contributed by atoms with Gasteiger partial charge in [-0.15, -0.1) is 0 Å². The molecule has 1 heterocycles. The number of anilines is 3. The van der Waals surface area contributed by atoms with Crippen LogP contribution in [0.4, 0.5) is 17.5 Å². The van der Waals surface area contributed by atoms with Crippen LogP contribution in [0, 0.1) is 6.92 Å². The molecule has 26 heavy (non-hydrogen) atoms. The SMILES string of the molecule is CCOc1ccc(S(=O)(=O)Nc2cnc(N(C)C)nc2N(C)C)cc1C. The Balaban J connectivity index is 2.39. The van der Waals surface area contributed by atoms with Gasteiger partial charge in [0.05, 0.1) is 17.7 Å². The molecule has 0 fully saturated rings. The normalized spacial score (nSPS) is 11.2. The average Bonchev–Trinajstić information content (AvgIpc) is 2.56. The van der Waals surface area contributed by atoms with Crippen LogP contribution in [-0.2, 0) is 10.0 Å². The van der Waals surface area contributed by atoms with Crippen LogP contribution >= 0.6 is 0 Å². The number of sulfonamides is 1. The maximum atomic E-state index is 12.8. The van der Waals surface area contributed by atoms with E-state index >= 15 is 0 Å². The lowest BCUT2D eigenvalue weighted by atomic mass is 10.2. The molecule has 2 aromatic rings. The fraction of sp³-hybridized carbons (Fsp3) is 0.412. The third kappa shape index (κ3) is 4.34. The number of nitrogens with zero attached hydrogens (tertiary/aromatic N) is 4. The van der Waals surface area contributed by atoms with Crippen LogP contribution in [0.3, 0.4) is 0 Å². The lowest BCUT2D eigenvalue weighted by molar-refractivity contribution is 0.337. The van der Waals surface area contributed by atoms with Crippen molar-refractivity contribution in [3.63, 3.8) is 0 Å². The van der Waals surface area contributed by atoms with Crippen molar-refractivity contribution in [2.45, 2.75) is 18.7 Å². The molecule has 0 saturated heterocycles. The van der Waals surface area contributed by atoms with Crippen LogP contribution < -0.4 is 19.3 Å². The van der Waals surface area contributed by atoms with Gasteiger partial charge in [-0.05, 0) is 37.6 Å². The Bertz CT molecular complexity index is 882. The van der Waals surface area contributed by atoms with Crippen LogP contribution in [0.25, 0.3) is 0 Å². The second kappa shape index (κ2) is 7.77. The molecule has 0 amide bonds. The molecule has 2 rings (SSSR count). The van der Waals surface area contributed by atoms with E-state index in [1.807, 2.05) is 27.9 Å². The zero-order valence-electron chi connectivity index (χ0n) is 15.9. The van der Waals surface area contributed by atoms with Gasteiger partial charge in [-0.1, -0.05) is 0 Å². The minimum atomic E-state index is -3.78. The zero-order chi connectivity index (χ0) is 19.5. The smallest absolute Gasteiger partial charge is 0.262 e. The molecule has 1 aromatic heterocycles. The zero-order valence-corrected chi connectivity index (χ0v) is 16.8. The summed E-state index contributed by atoms with van der Waals surface area (Å²) in [4.78, 5) is 12.2. The molecule has 1 N–H and O–H groups in total. The molecule has 8 nitrogen and oxygen atoms in total. The molecule has 0 bridgehead atoms. The van der Waals surface area contributed by atoms with E-state index in [1.165, 1.54) is 12.3 Å². The highest BCUT2D eigenvalue weighted by Gasteiger charge is 2.20. The first-order valence-electron chi connectivity index (χ1n) is 8.13. The van der Waals surface area contributed by atoms with Crippen LogP contribution in [-0.4, -0.2) is 53.2 Å². The van der Waals surface area contributed by atoms with Gasteiger partial charge in [0.25, 0.3) is 10.0 Å². The molecule has 1 aromatic carbocycles. The van der Waals surface area contributed by atoms with Gasteiger partial charge < -0.3 is 14.5 Å². The summed E-state index contributed by atoms with van der Waals surface area (Å²) >= 11 is 0. The van der Waals surface area contributed by atoms with E-state index in [1.54, 1.807) is 36.0 Å². The van der Waals surface area contributed by atoms with Gasteiger partial charge in [-0.25, -0.2) is 13.4 Å². The molecule has 0 atom stereocenters. The highest BCUT2D eigenvalue weighted by Crippen LogP contribution is 2.27. The first-order valence-corrected chi connectivity index (χ1v) is 9.62. The van der Waals surface area contributed by atoms with Crippen LogP contribution in [0.5, 0.6) is 5.75 Å². The highest BCUT2D eigenvalue weighted by molar-refractivity contribution is 7.92. The van der Waals surface area contributed by atoms with Crippen molar-refractivity contribution in [3.8, 4) is 5.75 Å². The molecule has 0 aliphatic heterocycles. The Hall–Kier alpha value is -2.55. The Morgan fingerprint density at radius 1 is 1.15 bits per heavy atom. The summed E-state index contributed by atoms with van der Waals surface area (Å²) in [6, 6.07) is 4.76. The third-order valence-corrected chi connectivity index (χ3v) is 4.94. The van der Waals surface area contributed by atoms with Gasteiger partial charge >= 0.3 is 0 Å². The molecule has 0 unspecified atom stereocenters. The predicted octanol–water partition coefficient (Wildman–Crippen LogP) is 2.12. The fourth-order valence-electron chi connectivity index (χ4n) is 2.30. The Morgan fingerprint density at radius 2 is 1.85 bits per heavy atom. The van der Waals surface area contributed by atoms with Gasteiger partial charge in [0.15, 0.2) is 5.82 Å². The van der Waals surface area contributed by atoms with Gasteiger partial charge in [-0.2, -0.15) is 4.98 Å². The number of aromatic nitrogens is 2. The first kappa shape index (κ1) is 19.8. The number of nitrogens with one attached hydrogen (secondary N) is 1. The number of hydrogen-bond acceptors (Lipinski definition) is 7. The molecular weight excluding hydrogens is 354 g/mol. The predicted molar refractivity (Wildman–Crippen MR) is 104 cm³/mol. The summed E-state index contributed by atoms with van der Waals surface area (Å²) in [5.41, 5.74) is 1.06. The van der Waals surface area contributed by atoms with Gasteiger partial charge in [0.2, 0.25) is 5.95 Å². The van der Waals surface area contributed by atoms with Gasteiger partial charge in [0, 0.05) is 28.2 Å². The van der Waals surface area contributed by atoms with E-state index in [4.69, 9.17) is 4.74 Å². The number of hydrogen-bond donors (Lipinski definition) is 1. The maximum Gasteiger partial charge on any atom is 0.262 e. The molecular formula is C17H25N5O3S. The van der Waals surface area contributed by atoms with E-state index in [0.717, 1.165) is 5.56 Å². The standard InChI is InChI=1S/C17H25N5O3S/c1-7-25-15-9-8-13(10-12(15)2)26(23,24)20-14-11-18-17(22(5)6)19-16(14)21(3)4/h8-11,20H,7H2,1-6H3. The number of ether oxygens (including phenoxy) is 1. The van der Waals surface area contributed by atoms with Crippen molar-refractivity contribution in [2.75, 3.05) is 49.3 Å². The molecule has 0 spiro atoms. The monoisotopic (exact) mass is 379 g/mol. The van der Waals surface area contributed by atoms with Crippen molar-refractivity contribution in [1.29, 1.82) is 0 Å². The van der Waals surface area contributed by atoms with Crippen molar-refractivity contribution in [2.24, 2.45) is 0 Å². The van der Waals surface area contributed by atoms with Crippen molar-refractivity contribution >= 4 is 27.5 Å². The topological polar surface area (TPSA) is 87.7 Å². The molecule has 0 aliphatic carbocycles. The summed E-state index contributed by atoms with van der Waals surface area (Å²) in [6.45, 7) is 4.21. The third-order valence-electron chi connectivity index (χ3n) is 3.58. The van der Waals surface area contributed by atoms with E-state index in [2.05, 4.69) is 14.7 Å². The summed E-state index contributed by atoms with van der Waals surface area (Å²) in [5, 5.41) is 0. The van der Waals surface area contributed by atoms with Crippen molar-refractivity contribution < 1.29 is 13.2 Å². The summed E-state index contributed by atoms with van der Waals surface area (Å²) in [5.74, 6) is 1.64. The molecule has 9 heteroatoms. The Labute approximate surface area is 154 Å². The fourth-order valence-corrected chi connectivity index (χ4v) is 3.43. The maximum absolute atomic E-state index is 12.8. The second-order valence-corrected chi connectivity index (χ2v) is 7.84. The summed E-state index contributed by atoms with van der Waals surface area (Å²) < 4.78 is 33.6. The molecule has 0 radical (unpaired) electrons. The Morgan fingerprint density at radius 3 is 2.38 bits per heavy atom. The molecule has 142 valence electrons. The minimum absolute atomic E-state index is 0.153. The number of benzene rings is 1. The van der Waals surface area contributed by atoms with Crippen molar-refractivity contribution in [1.82, 2.24) is 9.97 Å². The molecule has 0 saturated carbocycles. The summed E-state index contributed by atoms with van der Waals surface area (Å²) in [7, 11) is 3.44. The minimum Gasteiger partial charge on any atom is -0.494 e. The van der Waals surface area contributed by atoms with Crippen molar-refractivity contribution in [3.05, 3.63) is 30.0 Å². The van der Waals surface area contributed by atoms with E-state index < -0.39 is 10.0 Å². The van der Waals surface area contributed by atoms with Crippen LogP contribution in [0.2, 0.25) is 0 Å². The first-order chi connectivity index (χ1) is 12.2. The number of rotatable bonds is 7. The molecule has 0 aliphatic rings. The van der Waals surface area contributed by atoms with E-state index in [-0.39, 0.29) is 4.90 Å². The Kier molecular flexibility index (Phi) is 5.91. The van der Waals surface area contributed by atoms with E-state index in [0.29, 0.717) is 29.8 Å². The van der Waals surface area contributed by atoms with Crippen LogP contribution in [0.15, 0.2) is 29.3 Å². The lowest BCUT2D eigenvalue weighted by Crippen LogP contribution is -2.21. The summed E-state index contributed by atoms with van der Waals surface area (Å²) in [6.07, 6.45) is 1.47.